The monoisotopic (exact) mass is 1030 g/mol. The van der Waals surface area contributed by atoms with Gasteiger partial charge < -0.3 is 45.0 Å². The first-order valence-corrected chi connectivity index (χ1v) is 28.5. The molecular formula is C47H80N9O10PS2. The van der Waals surface area contributed by atoms with Gasteiger partial charge in [-0.25, -0.2) is 19.1 Å². The van der Waals surface area contributed by atoms with Crippen LogP contribution in [0.15, 0.2) is 0 Å². The summed E-state index contributed by atoms with van der Waals surface area (Å²) >= 11 is 3.85. The number of carbonyl (C=O) groups excluding carboxylic acids is 7. The normalized spacial score (nSPS) is 23.2. The third-order valence-corrected chi connectivity index (χ3v) is 18.0. The van der Waals surface area contributed by atoms with Crippen LogP contribution in [0.25, 0.3) is 0 Å². The third-order valence-electron chi connectivity index (χ3n) is 12.9. The van der Waals surface area contributed by atoms with Gasteiger partial charge in [-0.3, -0.25) is 19.2 Å². The second-order valence-corrected chi connectivity index (χ2v) is 22.9. The Morgan fingerprint density at radius 2 is 1.16 bits per heavy atom. The van der Waals surface area contributed by atoms with Crippen LogP contribution in [0.4, 0.5) is 9.59 Å². The minimum Gasteiger partial charge on any atom is -0.356 e. The molecule has 0 bridgehead atoms. The van der Waals surface area contributed by atoms with Gasteiger partial charge in [0.2, 0.25) is 11.8 Å². The summed E-state index contributed by atoms with van der Waals surface area (Å²) in [5.41, 5.74) is 0. The number of thioether (sulfide) groups is 2. The highest BCUT2D eigenvalue weighted by Crippen LogP contribution is 2.46. The Balaban J connectivity index is 0.000000303. The minimum absolute atomic E-state index is 0.0124. The minimum atomic E-state index is -1.17. The number of nitriles is 1. The maximum absolute atomic E-state index is 12.2. The van der Waals surface area contributed by atoms with E-state index in [1.54, 1.807) is 4.90 Å². The molecule has 0 radical (unpaired) electrons. The van der Waals surface area contributed by atoms with Crippen molar-refractivity contribution in [3.8, 4) is 6.07 Å². The summed E-state index contributed by atoms with van der Waals surface area (Å²) in [6.07, 6.45) is 13.5. The molecule has 0 saturated carbocycles. The van der Waals surface area contributed by atoms with E-state index in [2.05, 4.69) is 59.7 Å². The van der Waals surface area contributed by atoms with Crippen LogP contribution in [-0.4, -0.2) is 160 Å². The van der Waals surface area contributed by atoms with Crippen molar-refractivity contribution in [2.24, 2.45) is 0 Å². The molecule has 0 aromatic carbocycles. The maximum Gasteiger partial charge on any atom is 0.333 e. The lowest BCUT2D eigenvalue weighted by molar-refractivity contribution is -0.197. The van der Waals surface area contributed by atoms with Crippen LogP contribution in [0.1, 0.15) is 150 Å². The van der Waals surface area contributed by atoms with Gasteiger partial charge in [0.1, 0.15) is 0 Å². The van der Waals surface area contributed by atoms with Crippen LogP contribution in [-0.2, 0) is 37.9 Å². The fourth-order valence-corrected chi connectivity index (χ4v) is 14.0. The van der Waals surface area contributed by atoms with E-state index in [1.807, 2.05) is 42.5 Å². The molecule has 7 atom stereocenters. The largest absolute Gasteiger partial charge is 0.356 e. The predicted octanol–water partition coefficient (Wildman–Crippen LogP) is 6.36. The molecule has 4 N–H and O–H groups in total. The van der Waals surface area contributed by atoms with Crippen molar-refractivity contribution in [2.45, 2.75) is 196 Å². The zero-order valence-electron chi connectivity index (χ0n) is 41.9. The first-order chi connectivity index (χ1) is 33.1. The van der Waals surface area contributed by atoms with Gasteiger partial charge in [0.05, 0.1) is 49.9 Å². The zero-order chi connectivity index (χ0) is 50.3. The quantitative estimate of drug-likeness (QED) is 0.0256. The number of hydroxylamine groups is 2. The van der Waals surface area contributed by atoms with E-state index in [0.717, 1.165) is 95.1 Å². The molecule has 69 heavy (non-hydrogen) atoms. The van der Waals surface area contributed by atoms with Crippen LogP contribution >= 0.6 is 32.0 Å². The molecule has 8 amide bonds. The Bertz CT molecular complexity index is 1710. The van der Waals surface area contributed by atoms with E-state index in [0.29, 0.717) is 79.1 Å². The fraction of sp³-hybridized carbons (Fsp3) is 0.830. The van der Waals surface area contributed by atoms with Gasteiger partial charge in [-0.15, -0.1) is 5.06 Å². The summed E-state index contributed by atoms with van der Waals surface area (Å²) < 4.78 is 14.3. The Morgan fingerprint density at radius 3 is 1.65 bits per heavy atom. The van der Waals surface area contributed by atoms with Crippen molar-refractivity contribution in [3.63, 3.8) is 0 Å². The van der Waals surface area contributed by atoms with Crippen LogP contribution in [0.3, 0.4) is 0 Å². The van der Waals surface area contributed by atoms with Crippen molar-refractivity contribution >= 4 is 73.7 Å². The lowest BCUT2D eigenvalue weighted by Gasteiger charge is -2.35. The Hall–Kier alpha value is -3.41. The lowest BCUT2D eigenvalue weighted by atomic mass is 10.0. The van der Waals surface area contributed by atoms with Gasteiger partial charge in [0, 0.05) is 93.4 Å². The SMILES string of the molecule is CC(C)N(C(C)C)P(OCCC#N)OCCCCCCNC(=O)CCCCC1SC[C@H]2[C@@H]1NC(=O)N2C.CN1C(=O)N[C@@H]2C(CCCCC(=O)NCCCCCC(=O)ON3C(=O)CCC3=O)SC[C@@H]21. The van der Waals surface area contributed by atoms with Crippen molar-refractivity contribution < 1.29 is 47.4 Å². The van der Waals surface area contributed by atoms with Gasteiger partial charge >= 0.3 is 18.0 Å². The standard InChI is InChI=1S/C26H48N5O4PS.C21H32N4O6S/c1-20(2)31(21(3)4)36(35-18-12-15-27)34-17-11-7-6-10-16-28-24(32)14-9-8-13-23-25-22(19-37-23)30(5)26(33)29-25;1-24-14-13-32-15(20(14)23-21(24)30)7-4-5-8-16(26)22-12-6-2-3-9-19(29)31-25-17(27)10-11-18(25)28/h20-23,25H,6-14,16-19H2,1-5H3,(H,28,32)(H,29,33);14-15,20H,2-13H2,1H3,(H,22,26)(H,23,30)/t22-,23?,25-,36?;14-,15?,20-/m00/s1. The summed E-state index contributed by atoms with van der Waals surface area (Å²) in [5.74, 6) is 0.595. The molecule has 5 saturated heterocycles. The third kappa shape index (κ3) is 19.3. The smallest absolute Gasteiger partial charge is 0.333 e. The topological polar surface area (TPSA) is 232 Å². The number of imide groups is 1. The molecule has 5 aliphatic rings. The number of hydrogen-bond donors (Lipinski definition) is 4. The average Bonchev–Trinajstić information content (AvgIpc) is 4.11. The van der Waals surface area contributed by atoms with Crippen molar-refractivity contribution in [2.75, 3.05) is 51.9 Å². The molecule has 5 rings (SSSR count). The van der Waals surface area contributed by atoms with Crippen LogP contribution in [0, 0.1) is 11.3 Å². The van der Waals surface area contributed by atoms with Crippen molar-refractivity contribution in [1.82, 2.24) is 40.8 Å². The number of likely N-dealkylation sites (N-methyl/N-ethyl adjacent to an activating group) is 2. The molecule has 390 valence electrons. The Labute approximate surface area is 420 Å². The Morgan fingerprint density at radius 1 is 0.696 bits per heavy atom. The number of rotatable bonds is 31. The number of amides is 8. The summed E-state index contributed by atoms with van der Waals surface area (Å²) in [6.45, 7) is 10.9. The molecule has 0 spiro atoms. The summed E-state index contributed by atoms with van der Waals surface area (Å²) in [4.78, 5) is 90.6. The predicted molar refractivity (Wildman–Crippen MR) is 268 cm³/mol. The van der Waals surface area contributed by atoms with Gasteiger partial charge in [-0.1, -0.05) is 32.1 Å². The van der Waals surface area contributed by atoms with E-state index in [1.165, 1.54) is 0 Å². The summed E-state index contributed by atoms with van der Waals surface area (Å²) in [7, 11) is 2.56. The Kier molecular flexibility index (Phi) is 26.2. The second kappa shape index (κ2) is 31.1. The second-order valence-electron chi connectivity index (χ2n) is 18.9. The average molecular weight is 1030 g/mol. The summed E-state index contributed by atoms with van der Waals surface area (Å²) in [6, 6.07) is 3.88. The number of carbonyl (C=O) groups is 7. The molecule has 0 aromatic heterocycles. The fourth-order valence-electron chi connectivity index (χ4n) is 9.06. The molecule has 0 aromatic rings. The number of urea groups is 2. The van der Waals surface area contributed by atoms with E-state index < -0.39 is 26.3 Å². The highest BCUT2D eigenvalue weighted by Gasteiger charge is 2.47. The van der Waals surface area contributed by atoms with Crippen LogP contribution in [0.2, 0.25) is 0 Å². The van der Waals surface area contributed by atoms with Crippen LogP contribution < -0.4 is 21.3 Å². The van der Waals surface area contributed by atoms with Crippen molar-refractivity contribution in [3.05, 3.63) is 0 Å². The van der Waals surface area contributed by atoms with E-state index >= 15 is 0 Å². The molecule has 0 aliphatic carbocycles. The van der Waals surface area contributed by atoms with E-state index in [9.17, 15) is 33.6 Å². The zero-order valence-corrected chi connectivity index (χ0v) is 44.4. The number of nitrogens with one attached hydrogen (secondary N) is 4. The maximum atomic E-state index is 12.2. The molecule has 5 heterocycles. The molecule has 22 heteroatoms. The number of unbranched alkanes of at least 4 members (excludes halogenated alkanes) is 7. The first kappa shape index (κ1) is 58.2. The van der Waals surface area contributed by atoms with Gasteiger partial charge in [0.25, 0.3) is 20.3 Å². The van der Waals surface area contributed by atoms with Gasteiger partial charge in [0.15, 0.2) is 0 Å². The highest BCUT2D eigenvalue weighted by atomic mass is 32.2. The van der Waals surface area contributed by atoms with Crippen LogP contribution in [0.5, 0.6) is 0 Å². The lowest BCUT2D eigenvalue weighted by Crippen LogP contribution is -2.37. The van der Waals surface area contributed by atoms with E-state index in [-0.39, 0.29) is 61.3 Å². The molecular weight excluding hydrogens is 946 g/mol. The molecule has 5 fully saturated rings. The summed E-state index contributed by atoms with van der Waals surface area (Å²) in [5, 5.41) is 22.4. The van der Waals surface area contributed by atoms with Gasteiger partial charge in [-0.05, 0) is 79.1 Å². The number of nitrogens with zero attached hydrogens (tertiary/aromatic N) is 5. The van der Waals surface area contributed by atoms with E-state index in [4.69, 9.17) is 19.1 Å². The highest BCUT2D eigenvalue weighted by molar-refractivity contribution is 8.00. The van der Waals surface area contributed by atoms with Crippen molar-refractivity contribution in [1.29, 1.82) is 5.26 Å². The van der Waals surface area contributed by atoms with Gasteiger partial charge in [-0.2, -0.15) is 28.8 Å². The molecule has 5 aliphatic heterocycles. The molecule has 3 unspecified atom stereocenters. The molecule has 19 nitrogen and oxygen atoms in total. The first-order valence-electron chi connectivity index (χ1n) is 25.2. The number of fused-ring (bicyclic) bond motifs is 2. The number of hydrogen-bond acceptors (Lipinski definition) is 14.